The minimum Gasteiger partial charge on any atom is -0.496 e. The van der Waals surface area contributed by atoms with Crippen molar-refractivity contribution in [3.05, 3.63) is 23.0 Å². The standard InChI is InChI=1S/C15H24N4O/c1-10-8-18-13(11(2)15(10)20-3)9-19(12-4-5-12)7-6-14(16)17/h8,12H,4-7,9H2,1-3H3,(H3,16,17). The van der Waals surface area contributed by atoms with Gasteiger partial charge in [0.05, 0.1) is 18.6 Å². The van der Waals surface area contributed by atoms with Gasteiger partial charge in [-0.25, -0.2) is 0 Å². The third kappa shape index (κ3) is 3.48. The van der Waals surface area contributed by atoms with Gasteiger partial charge in [-0.05, 0) is 26.7 Å². The van der Waals surface area contributed by atoms with Gasteiger partial charge < -0.3 is 10.5 Å². The number of hydrogen-bond donors (Lipinski definition) is 2. The molecule has 20 heavy (non-hydrogen) atoms. The molecule has 0 aliphatic heterocycles. The maximum absolute atomic E-state index is 7.38. The Morgan fingerprint density at radius 3 is 2.75 bits per heavy atom. The lowest BCUT2D eigenvalue weighted by atomic mass is 10.1. The van der Waals surface area contributed by atoms with Crippen molar-refractivity contribution in [3.63, 3.8) is 0 Å². The van der Waals surface area contributed by atoms with Crippen molar-refractivity contribution in [2.75, 3.05) is 13.7 Å². The maximum atomic E-state index is 7.38. The van der Waals surface area contributed by atoms with Crippen LogP contribution in [0.15, 0.2) is 6.20 Å². The first-order valence-corrected chi connectivity index (χ1v) is 7.09. The van der Waals surface area contributed by atoms with Crippen LogP contribution in [0, 0.1) is 19.3 Å². The van der Waals surface area contributed by atoms with E-state index in [4.69, 9.17) is 15.9 Å². The van der Waals surface area contributed by atoms with Crippen LogP contribution in [0.1, 0.15) is 36.1 Å². The number of nitrogens with zero attached hydrogens (tertiary/aromatic N) is 2. The van der Waals surface area contributed by atoms with E-state index >= 15 is 0 Å². The molecular formula is C15H24N4O. The van der Waals surface area contributed by atoms with Gasteiger partial charge in [-0.3, -0.25) is 15.3 Å². The number of amidine groups is 1. The van der Waals surface area contributed by atoms with E-state index in [2.05, 4.69) is 16.8 Å². The first-order valence-electron chi connectivity index (χ1n) is 7.09. The average Bonchev–Trinajstić information content (AvgIpc) is 3.21. The van der Waals surface area contributed by atoms with Crippen molar-refractivity contribution in [1.82, 2.24) is 9.88 Å². The van der Waals surface area contributed by atoms with Crippen LogP contribution in [-0.4, -0.2) is 35.4 Å². The van der Waals surface area contributed by atoms with Crippen LogP contribution >= 0.6 is 0 Å². The monoisotopic (exact) mass is 276 g/mol. The van der Waals surface area contributed by atoms with E-state index in [-0.39, 0.29) is 5.84 Å². The highest BCUT2D eigenvalue weighted by atomic mass is 16.5. The SMILES string of the molecule is COc1c(C)cnc(CN(CCC(=N)N)C2CC2)c1C. The van der Waals surface area contributed by atoms with Gasteiger partial charge in [0.25, 0.3) is 0 Å². The number of nitrogens with one attached hydrogen (secondary N) is 1. The second kappa shape index (κ2) is 6.22. The lowest BCUT2D eigenvalue weighted by Gasteiger charge is -2.23. The second-order valence-corrected chi connectivity index (χ2v) is 5.52. The van der Waals surface area contributed by atoms with Crippen LogP contribution in [0.2, 0.25) is 0 Å². The van der Waals surface area contributed by atoms with E-state index in [1.54, 1.807) is 7.11 Å². The zero-order valence-corrected chi connectivity index (χ0v) is 12.6. The van der Waals surface area contributed by atoms with Crippen molar-refractivity contribution in [3.8, 4) is 5.75 Å². The van der Waals surface area contributed by atoms with Gasteiger partial charge in [0, 0.05) is 42.9 Å². The molecule has 0 spiro atoms. The Labute approximate surface area is 120 Å². The summed E-state index contributed by atoms with van der Waals surface area (Å²) < 4.78 is 5.46. The first-order chi connectivity index (χ1) is 9.52. The minimum absolute atomic E-state index is 0.252. The largest absolute Gasteiger partial charge is 0.496 e. The van der Waals surface area contributed by atoms with Crippen molar-refractivity contribution in [1.29, 1.82) is 5.41 Å². The molecule has 0 saturated heterocycles. The van der Waals surface area contributed by atoms with E-state index in [0.29, 0.717) is 12.5 Å². The number of nitrogens with two attached hydrogens (primary N) is 1. The molecule has 5 heteroatoms. The number of aromatic nitrogens is 1. The van der Waals surface area contributed by atoms with E-state index in [9.17, 15) is 0 Å². The van der Waals surface area contributed by atoms with Gasteiger partial charge in [-0.2, -0.15) is 0 Å². The minimum atomic E-state index is 0.252. The van der Waals surface area contributed by atoms with E-state index in [1.165, 1.54) is 12.8 Å². The average molecular weight is 276 g/mol. The zero-order chi connectivity index (χ0) is 14.7. The molecule has 110 valence electrons. The predicted molar refractivity (Wildman–Crippen MR) is 80.2 cm³/mol. The van der Waals surface area contributed by atoms with Crippen molar-refractivity contribution < 1.29 is 4.74 Å². The van der Waals surface area contributed by atoms with Crippen LogP contribution in [0.5, 0.6) is 5.75 Å². The molecule has 0 unspecified atom stereocenters. The molecule has 1 heterocycles. The predicted octanol–water partition coefficient (Wildman–Crippen LogP) is 2.00. The summed E-state index contributed by atoms with van der Waals surface area (Å²) in [7, 11) is 1.70. The highest BCUT2D eigenvalue weighted by Gasteiger charge is 2.29. The van der Waals surface area contributed by atoms with E-state index < -0.39 is 0 Å². The molecule has 1 aliphatic rings. The van der Waals surface area contributed by atoms with Gasteiger partial charge in [-0.15, -0.1) is 0 Å². The zero-order valence-electron chi connectivity index (χ0n) is 12.6. The van der Waals surface area contributed by atoms with Gasteiger partial charge in [0.15, 0.2) is 0 Å². The molecule has 1 aliphatic carbocycles. The van der Waals surface area contributed by atoms with Gasteiger partial charge in [0.1, 0.15) is 5.75 Å². The summed E-state index contributed by atoms with van der Waals surface area (Å²) in [5.41, 5.74) is 8.71. The number of methoxy groups -OCH3 is 1. The topological polar surface area (TPSA) is 75.2 Å². The Bertz CT molecular complexity index is 497. The third-order valence-electron chi connectivity index (χ3n) is 3.83. The fraction of sp³-hybridized carbons (Fsp3) is 0.600. The molecule has 0 radical (unpaired) electrons. The summed E-state index contributed by atoms with van der Waals surface area (Å²) in [6.45, 7) is 5.71. The van der Waals surface area contributed by atoms with Crippen LogP contribution in [0.4, 0.5) is 0 Å². The third-order valence-corrected chi connectivity index (χ3v) is 3.83. The molecule has 1 saturated carbocycles. The molecule has 0 aromatic carbocycles. The molecule has 0 atom stereocenters. The Kier molecular flexibility index (Phi) is 4.60. The number of rotatable bonds is 7. The van der Waals surface area contributed by atoms with Crippen molar-refractivity contribution in [2.24, 2.45) is 5.73 Å². The molecular weight excluding hydrogens is 252 g/mol. The Hall–Kier alpha value is -1.62. The van der Waals surface area contributed by atoms with Crippen LogP contribution in [-0.2, 0) is 6.54 Å². The number of hydrogen-bond acceptors (Lipinski definition) is 4. The number of ether oxygens (including phenoxy) is 1. The van der Waals surface area contributed by atoms with Crippen LogP contribution < -0.4 is 10.5 Å². The molecule has 1 aromatic rings. The Morgan fingerprint density at radius 2 is 2.20 bits per heavy atom. The number of aryl methyl sites for hydroxylation is 1. The first kappa shape index (κ1) is 14.8. The molecule has 3 N–H and O–H groups in total. The summed E-state index contributed by atoms with van der Waals surface area (Å²) in [6.07, 6.45) is 4.97. The van der Waals surface area contributed by atoms with E-state index in [1.807, 2.05) is 13.1 Å². The van der Waals surface area contributed by atoms with Crippen LogP contribution in [0.25, 0.3) is 0 Å². The Balaban J connectivity index is 2.12. The Morgan fingerprint density at radius 1 is 1.50 bits per heavy atom. The highest BCUT2D eigenvalue weighted by molar-refractivity contribution is 5.76. The lowest BCUT2D eigenvalue weighted by molar-refractivity contribution is 0.257. The normalized spacial score (nSPS) is 14.6. The van der Waals surface area contributed by atoms with Crippen LogP contribution in [0.3, 0.4) is 0 Å². The maximum Gasteiger partial charge on any atom is 0.128 e. The lowest BCUT2D eigenvalue weighted by Crippen LogP contribution is -2.30. The fourth-order valence-corrected chi connectivity index (χ4v) is 2.52. The summed E-state index contributed by atoms with van der Waals surface area (Å²) in [6, 6.07) is 0.628. The molecule has 1 aromatic heterocycles. The molecule has 2 rings (SSSR count). The van der Waals surface area contributed by atoms with E-state index in [0.717, 1.165) is 35.7 Å². The summed E-state index contributed by atoms with van der Waals surface area (Å²) in [5, 5.41) is 7.38. The fourth-order valence-electron chi connectivity index (χ4n) is 2.52. The summed E-state index contributed by atoms with van der Waals surface area (Å²) in [4.78, 5) is 6.94. The second-order valence-electron chi connectivity index (χ2n) is 5.52. The molecule has 1 fully saturated rings. The molecule has 0 bridgehead atoms. The van der Waals surface area contributed by atoms with Crippen molar-refractivity contribution in [2.45, 2.75) is 45.7 Å². The van der Waals surface area contributed by atoms with Gasteiger partial charge in [0.2, 0.25) is 0 Å². The van der Waals surface area contributed by atoms with Gasteiger partial charge >= 0.3 is 0 Å². The smallest absolute Gasteiger partial charge is 0.128 e. The van der Waals surface area contributed by atoms with Gasteiger partial charge in [-0.1, -0.05) is 0 Å². The van der Waals surface area contributed by atoms with Crippen molar-refractivity contribution >= 4 is 5.84 Å². The highest BCUT2D eigenvalue weighted by Crippen LogP contribution is 2.30. The molecule has 5 nitrogen and oxygen atoms in total. The number of pyridine rings is 1. The molecule has 0 amide bonds. The summed E-state index contributed by atoms with van der Waals surface area (Å²) >= 11 is 0. The summed E-state index contributed by atoms with van der Waals surface area (Å²) in [5.74, 6) is 1.18. The quantitative estimate of drug-likeness (QED) is 0.590.